The van der Waals surface area contributed by atoms with E-state index in [0.29, 0.717) is 0 Å². The highest BCUT2D eigenvalue weighted by molar-refractivity contribution is 6.09. The molecule has 186 valence electrons. The molecule has 6 rings (SSSR count). The fourth-order valence-electron chi connectivity index (χ4n) is 6.11. The Hall–Kier alpha value is -4.36. The molecule has 1 heterocycles. The lowest BCUT2D eigenvalue weighted by molar-refractivity contribution is 0.632. The Morgan fingerprint density at radius 3 is 1.95 bits per heavy atom. The number of hydrogen-bond acceptors (Lipinski definition) is 0. The normalized spacial score (nSPS) is 11.8. The molecule has 0 bridgehead atoms. The monoisotopic (exact) mass is 491 g/mol. The number of aromatic nitrogens is 1. The van der Waals surface area contributed by atoms with Crippen LogP contribution in [-0.2, 0) is 5.41 Å². The maximum Gasteiger partial charge on any atom is 0.0543 e. The van der Waals surface area contributed by atoms with Crippen molar-refractivity contribution in [1.29, 1.82) is 0 Å². The zero-order valence-corrected chi connectivity index (χ0v) is 22.6. The van der Waals surface area contributed by atoms with Gasteiger partial charge in [-0.3, -0.25) is 0 Å². The van der Waals surface area contributed by atoms with Crippen LogP contribution >= 0.6 is 0 Å². The topological polar surface area (TPSA) is 4.93 Å². The van der Waals surface area contributed by atoms with E-state index in [-0.39, 0.29) is 5.41 Å². The van der Waals surface area contributed by atoms with E-state index in [2.05, 4.69) is 148 Å². The van der Waals surface area contributed by atoms with Crippen molar-refractivity contribution in [1.82, 2.24) is 4.57 Å². The summed E-state index contributed by atoms with van der Waals surface area (Å²) in [6.45, 7) is 13.5. The van der Waals surface area contributed by atoms with Crippen molar-refractivity contribution >= 4 is 27.4 Å². The number of hydrogen-bond donors (Lipinski definition) is 0. The molecule has 0 spiro atoms. The molecule has 0 aliphatic carbocycles. The van der Waals surface area contributed by atoms with E-state index in [0.717, 1.165) is 22.4 Å². The summed E-state index contributed by atoms with van der Waals surface area (Å²) in [6.07, 6.45) is 0. The van der Waals surface area contributed by atoms with Crippen LogP contribution in [0.5, 0.6) is 0 Å². The summed E-state index contributed by atoms with van der Waals surface area (Å²) < 4.78 is 2.40. The van der Waals surface area contributed by atoms with Gasteiger partial charge in [0.05, 0.1) is 11.0 Å². The molecule has 1 aromatic heterocycles. The summed E-state index contributed by atoms with van der Waals surface area (Å²) >= 11 is 0. The zero-order valence-electron chi connectivity index (χ0n) is 22.6. The summed E-state index contributed by atoms with van der Waals surface area (Å²) in [5.41, 5.74) is 12.2. The van der Waals surface area contributed by atoms with Gasteiger partial charge in [-0.15, -0.1) is 0 Å². The van der Waals surface area contributed by atoms with E-state index >= 15 is 0 Å². The van der Waals surface area contributed by atoms with Gasteiger partial charge >= 0.3 is 0 Å². The Labute approximate surface area is 225 Å². The van der Waals surface area contributed by atoms with E-state index in [1.807, 2.05) is 6.07 Å². The first-order valence-electron chi connectivity index (χ1n) is 13.3. The van der Waals surface area contributed by atoms with Gasteiger partial charge < -0.3 is 4.57 Å². The Morgan fingerprint density at radius 2 is 1.21 bits per heavy atom. The standard InChI is InChI=1S/C37H33N/c1-25-13-9-11-17-33(25)37(4,5)34-24-32-31-16-10-12-18-35(31)38(36(32)23-26(34)2)30-21-19-29(20-22-30)27(3)28-14-7-6-8-15-28/h6-24H,3H2,1-2,4-5H3. The van der Waals surface area contributed by atoms with Gasteiger partial charge in [0.15, 0.2) is 0 Å². The largest absolute Gasteiger partial charge is 0.309 e. The van der Waals surface area contributed by atoms with Crippen molar-refractivity contribution in [2.45, 2.75) is 33.1 Å². The predicted octanol–water partition coefficient (Wildman–Crippen LogP) is 9.79. The number of rotatable bonds is 5. The third-order valence-corrected chi connectivity index (χ3v) is 8.11. The van der Waals surface area contributed by atoms with Crippen LogP contribution in [0.2, 0.25) is 0 Å². The molecule has 0 saturated heterocycles. The second kappa shape index (κ2) is 9.19. The molecule has 0 unspecified atom stereocenters. The van der Waals surface area contributed by atoms with Crippen LogP contribution in [0.1, 0.15) is 47.2 Å². The Morgan fingerprint density at radius 1 is 0.579 bits per heavy atom. The highest BCUT2D eigenvalue weighted by atomic mass is 15.0. The van der Waals surface area contributed by atoms with Gasteiger partial charge in [0.2, 0.25) is 0 Å². The van der Waals surface area contributed by atoms with Gasteiger partial charge in [-0.1, -0.05) is 105 Å². The molecule has 6 aromatic rings. The molecule has 0 aliphatic heterocycles. The van der Waals surface area contributed by atoms with Crippen molar-refractivity contribution in [3.8, 4) is 5.69 Å². The second-order valence-electron chi connectivity index (χ2n) is 10.9. The second-order valence-corrected chi connectivity index (χ2v) is 10.9. The molecule has 38 heavy (non-hydrogen) atoms. The molecule has 0 saturated carbocycles. The van der Waals surface area contributed by atoms with Crippen LogP contribution in [0.4, 0.5) is 0 Å². The minimum absolute atomic E-state index is 0.105. The fraction of sp³-hybridized carbons (Fsp3) is 0.135. The molecule has 0 amide bonds. The van der Waals surface area contributed by atoms with Crippen LogP contribution in [-0.4, -0.2) is 4.57 Å². The summed E-state index contributed by atoms with van der Waals surface area (Å²) in [4.78, 5) is 0. The molecule has 5 aromatic carbocycles. The van der Waals surface area contributed by atoms with Gasteiger partial charge in [-0.25, -0.2) is 0 Å². The maximum absolute atomic E-state index is 4.36. The van der Waals surface area contributed by atoms with Crippen molar-refractivity contribution in [3.05, 3.63) is 155 Å². The third-order valence-electron chi connectivity index (χ3n) is 8.11. The van der Waals surface area contributed by atoms with Crippen LogP contribution in [0.15, 0.2) is 122 Å². The summed E-state index contributed by atoms with van der Waals surface area (Å²) in [5.74, 6) is 0. The van der Waals surface area contributed by atoms with Crippen molar-refractivity contribution in [3.63, 3.8) is 0 Å². The molecule has 1 heteroatoms. The van der Waals surface area contributed by atoms with E-state index in [1.165, 1.54) is 44.1 Å². The minimum Gasteiger partial charge on any atom is -0.309 e. The van der Waals surface area contributed by atoms with Gasteiger partial charge in [0.1, 0.15) is 0 Å². The fourth-order valence-corrected chi connectivity index (χ4v) is 6.11. The molecule has 0 radical (unpaired) electrons. The molecule has 0 fully saturated rings. The van der Waals surface area contributed by atoms with Crippen LogP contribution in [0.25, 0.3) is 33.1 Å². The molecule has 1 nitrogen and oxygen atoms in total. The van der Waals surface area contributed by atoms with Crippen molar-refractivity contribution in [2.75, 3.05) is 0 Å². The smallest absolute Gasteiger partial charge is 0.0543 e. The molecular weight excluding hydrogens is 458 g/mol. The van der Waals surface area contributed by atoms with Gasteiger partial charge in [0.25, 0.3) is 0 Å². The first-order chi connectivity index (χ1) is 18.4. The van der Waals surface area contributed by atoms with Crippen molar-refractivity contribution in [2.24, 2.45) is 0 Å². The first-order valence-corrected chi connectivity index (χ1v) is 13.3. The number of aryl methyl sites for hydroxylation is 2. The van der Waals surface area contributed by atoms with E-state index < -0.39 is 0 Å². The summed E-state index contributed by atoms with van der Waals surface area (Å²) in [6, 6.07) is 41.5. The zero-order chi connectivity index (χ0) is 26.4. The predicted molar refractivity (Wildman–Crippen MR) is 163 cm³/mol. The van der Waals surface area contributed by atoms with E-state index in [4.69, 9.17) is 0 Å². The maximum atomic E-state index is 4.36. The molecule has 0 aliphatic rings. The summed E-state index contributed by atoms with van der Waals surface area (Å²) in [7, 11) is 0. The van der Waals surface area contributed by atoms with Crippen LogP contribution < -0.4 is 0 Å². The van der Waals surface area contributed by atoms with Gasteiger partial charge in [-0.2, -0.15) is 0 Å². The average molecular weight is 492 g/mol. The third kappa shape index (κ3) is 3.87. The molecule has 0 atom stereocenters. The quantitative estimate of drug-likeness (QED) is 0.226. The lowest BCUT2D eigenvalue weighted by Gasteiger charge is -2.30. The lowest BCUT2D eigenvalue weighted by Crippen LogP contribution is -2.21. The van der Waals surface area contributed by atoms with Crippen LogP contribution in [0, 0.1) is 13.8 Å². The summed E-state index contributed by atoms with van der Waals surface area (Å²) in [5, 5.41) is 2.57. The Bertz CT molecular complexity index is 1800. The number of para-hydroxylation sites is 1. The van der Waals surface area contributed by atoms with Gasteiger partial charge in [0, 0.05) is 21.9 Å². The SMILES string of the molecule is C=C(c1ccccc1)c1ccc(-n2c3ccccc3c3cc(C(C)(C)c4ccccc4C)c(C)cc32)cc1. The minimum atomic E-state index is -0.105. The number of fused-ring (bicyclic) bond motifs is 3. The molecule has 0 N–H and O–H groups in total. The Balaban J connectivity index is 1.51. The van der Waals surface area contributed by atoms with E-state index in [1.54, 1.807) is 0 Å². The first kappa shape index (κ1) is 24.0. The lowest BCUT2D eigenvalue weighted by atomic mass is 9.74. The Kier molecular flexibility index (Phi) is 5.80. The molecular formula is C37H33N. The van der Waals surface area contributed by atoms with E-state index in [9.17, 15) is 0 Å². The average Bonchev–Trinajstić information content (AvgIpc) is 3.26. The highest BCUT2D eigenvalue weighted by Crippen LogP contribution is 2.40. The van der Waals surface area contributed by atoms with Crippen LogP contribution in [0.3, 0.4) is 0 Å². The number of benzene rings is 5. The number of nitrogens with zero attached hydrogens (tertiary/aromatic N) is 1. The highest BCUT2D eigenvalue weighted by Gasteiger charge is 2.27. The van der Waals surface area contributed by atoms with Gasteiger partial charge in [-0.05, 0) is 83.1 Å². The van der Waals surface area contributed by atoms with Crippen molar-refractivity contribution < 1.29 is 0 Å².